The van der Waals surface area contributed by atoms with Crippen molar-refractivity contribution >= 4 is 34.5 Å². The molecule has 0 saturated carbocycles. The number of carbonyl (C=O) groups excluding carboxylic acids is 1. The normalized spacial score (nSPS) is 10.9. The number of rotatable bonds is 6. The van der Waals surface area contributed by atoms with Crippen molar-refractivity contribution in [2.45, 2.75) is 24.4 Å². The monoisotopic (exact) mass is 420 g/mol. The molecule has 2 amide bonds. The molecular weight excluding hydrogens is 399 g/mol. The van der Waals surface area contributed by atoms with E-state index in [1.165, 1.54) is 23.3 Å². The van der Waals surface area contributed by atoms with Crippen molar-refractivity contribution < 1.29 is 9.18 Å². The largest absolute Gasteiger partial charge is 0.334 e. The van der Waals surface area contributed by atoms with Crippen LogP contribution in [0.3, 0.4) is 0 Å². The minimum absolute atomic E-state index is 0.299. The minimum atomic E-state index is -0.327. The van der Waals surface area contributed by atoms with Gasteiger partial charge in [0.25, 0.3) is 0 Å². The molecule has 0 spiro atoms. The zero-order valence-electron chi connectivity index (χ0n) is 16.4. The average molecular weight is 421 g/mol. The molecule has 0 unspecified atom stereocenters. The van der Waals surface area contributed by atoms with Crippen molar-refractivity contribution in [1.82, 2.24) is 15.3 Å². The van der Waals surface area contributed by atoms with E-state index in [9.17, 15) is 9.18 Å². The molecule has 5 nitrogen and oxygen atoms in total. The second kappa shape index (κ2) is 9.00. The van der Waals surface area contributed by atoms with E-state index in [0.29, 0.717) is 12.2 Å². The highest BCUT2D eigenvalue weighted by Gasteiger charge is 2.07. The molecule has 0 bridgehead atoms. The van der Waals surface area contributed by atoms with E-state index in [4.69, 9.17) is 0 Å². The Bertz CT molecular complexity index is 1160. The number of fused-ring (bicyclic) bond motifs is 1. The topological polar surface area (TPSA) is 69.8 Å². The maximum Gasteiger partial charge on any atom is 0.319 e. The number of imidazole rings is 1. The SMILES string of the molecule is Cc1ccc(CSc2nc3ccc(NC(=O)NCc4ccc(F)cc4)cc3[nH]2)cc1. The predicted octanol–water partition coefficient (Wildman–Crippen LogP) is 5.62. The van der Waals surface area contributed by atoms with Crippen molar-refractivity contribution in [3.8, 4) is 0 Å². The highest BCUT2D eigenvalue weighted by atomic mass is 32.2. The number of nitrogens with zero attached hydrogens (tertiary/aromatic N) is 1. The Labute approximate surface area is 178 Å². The van der Waals surface area contributed by atoms with Gasteiger partial charge in [-0.15, -0.1) is 0 Å². The first-order valence-electron chi connectivity index (χ1n) is 9.52. The van der Waals surface area contributed by atoms with Crippen LogP contribution in [0, 0.1) is 12.7 Å². The highest BCUT2D eigenvalue weighted by Crippen LogP contribution is 2.25. The Morgan fingerprint density at radius 3 is 2.53 bits per heavy atom. The molecule has 0 aliphatic rings. The first-order chi connectivity index (χ1) is 14.5. The summed E-state index contributed by atoms with van der Waals surface area (Å²) in [5, 5.41) is 6.41. The van der Waals surface area contributed by atoms with Crippen LogP contribution < -0.4 is 10.6 Å². The van der Waals surface area contributed by atoms with Crippen LogP contribution >= 0.6 is 11.8 Å². The number of aromatic nitrogens is 2. The van der Waals surface area contributed by atoms with Gasteiger partial charge >= 0.3 is 6.03 Å². The third kappa shape index (κ3) is 5.18. The summed E-state index contributed by atoms with van der Waals surface area (Å²) in [4.78, 5) is 20.0. The molecule has 0 atom stereocenters. The zero-order chi connectivity index (χ0) is 20.9. The van der Waals surface area contributed by atoms with Gasteiger partial charge in [-0.25, -0.2) is 14.2 Å². The van der Waals surface area contributed by atoms with Gasteiger partial charge in [-0.05, 0) is 48.4 Å². The zero-order valence-corrected chi connectivity index (χ0v) is 17.2. The smallest absolute Gasteiger partial charge is 0.319 e. The second-order valence-electron chi connectivity index (χ2n) is 6.98. The van der Waals surface area contributed by atoms with E-state index in [1.54, 1.807) is 23.9 Å². The summed E-state index contributed by atoms with van der Waals surface area (Å²) >= 11 is 1.64. The molecule has 0 saturated heterocycles. The summed E-state index contributed by atoms with van der Waals surface area (Å²) in [6.07, 6.45) is 0. The van der Waals surface area contributed by atoms with Crippen molar-refractivity contribution in [3.63, 3.8) is 0 Å². The van der Waals surface area contributed by atoms with Gasteiger partial charge in [0.1, 0.15) is 5.82 Å². The lowest BCUT2D eigenvalue weighted by Crippen LogP contribution is -2.28. The summed E-state index contributed by atoms with van der Waals surface area (Å²) < 4.78 is 12.9. The molecular formula is C23H21FN4OS. The number of nitrogens with one attached hydrogen (secondary N) is 3. The van der Waals surface area contributed by atoms with Crippen molar-refractivity contribution in [3.05, 3.63) is 89.2 Å². The lowest BCUT2D eigenvalue weighted by atomic mass is 10.2. The minimum Gasteiger partial charge on any atom is -0.334 e. The lowest BCUT2D eigenvalue weighted by molar-refractivity contribution is 0.251. The molecule has 4 aromatic rings. The van der Waals surface area contributed by atoms with Gasteiger partial charge in [-0.1, -0.05) is 53.7 Å². The van der Waals surface area contributed by atoms with Crippen molar-refractivity contribution in [2.75, 3.05) is 5.32 Å². The number of anilines is 1. The van der Waals surface area contributed by atoms with Gasteiger partial charge < -0.3 is 15.6 Å². The van der Waals surface area contributed by atoms with Gasteiger partial charge in [0.05, 0.1) is 11.0 Å². The summed E-state index contributed by atoms with van der Waals surface area (Å²) in [6.45, 7) is 2.39. The number of hydrogen-bond donors (Lipinski definition) is 3. The first kappa shape index (κ1) is 20.0. The second-order valence-corrected chi connectivity index (χ2v) is 7.95. The molecule has 1 aromatic heterocycles. The molecule has 0 fully saturated rings. The number of aryl methyl sites for hydroxylation is 1. The molecule has 4 rings (SSSR count). The van der Waals surface area contributed by atoms with E-state index < -0.39 is 0 Å². The van der Waals surface area contributed by atoms with Gasteiger partial charge in [0.15, 0.2) is 5.16 Å². The van der Waals surface area contributed by atoms with Crippen molar-refractivity contribution in [2.24, 2.45) is 0 Å². The average Bonchev–Trinajstić information content (AvgIpc) is 3.15. The van der Waals surface area contributed by atoms with Gasteiger partial charge in [0.2, 0.25) is 0 Å². The third-order valence-corrected chi connectivity index (χ3v) is 5.52. The van der Waals surface area contributed by atoms with Gasteiger partial charge in [-0.2, -0.15) is 0 Å². The number of halogens is 1. The Morgan fingerprint density at radius 2 is 1.77 bits per heavy atom. The molecule has 152 valence electrons. The number of benzene rings is 3. The number of hydrogen-bond acceptors (Lipinski definition) is 3. The Morgan fingerprint density at radius 1 is 1.03 bits per heavy atom. The highest BCUT2D eigenvalue weighted by molar-refractivity contribution is 7.98. The van der Waals surface area contributed by atoms with E-state index in [0.717, 1.165) is 27.5 Å². The standard InChI is InChI=1S/C23H21FN4OS/c1-15-2-4-17(5-3-15)14-30-23-27-20-11-10-19(12-21(20)28-23)26-22(29)25-13-16-6-8-18(24)9-7-16/h2-12H,13-14H2,1H3,(H,27,28)(H2,25,26,29). The first-order valence-corrected chi connectivity index (χ1v) is 10.5. The van der Waals surface area contributed by atoms with Gasteiger partial charge in [-0.3, -0.25) is 0 Å². The molecule has 0 aliphatic heterocycles. The van der Waals surface area contributed by atoms with Crippen LogP contribution in [0.1, 0.15) is 16.7 Å². The molecule has 0 radical (unpaired) electrons. The molecule has 1 heterocycles. The summed E-state index contributed by atoms with van der Waals surface area (Å²) in [5.41, 5.74) is 5.68. The maximum atomic E-state index is 12.9. The van der Waals surface area contributed by atoms with Crippen LogP contribution in [-0.2, 0) is 12.3 Å². The van der Waals surface area contributed by atoms with Crippen LogP contribution in [0.5, 0.6) is 0 Å². The Kier molecular flexibility index (Phi) is 5.99. The van der Waals surface area contributed by atoms with Crippen LogP contribution in [0.25, 0.3) is 11.0 Å². The lowest BCUT2D eigenvalue weighted by Gasteiger charge is -2.07. The number of aromatic amines is 1. The summed E-state index contributed by atoms with van der Waals surface area (Å²) in [5.74, 6) is 0.532. The number of amides is 2. The van der Waals surface area contributed by atoms with E-state index >= 15 is 0 Å². The number of H-pyrrole nitrogens is 1. The molecule has 3 N–H and O–H groups in total. The van der Waals surface area contributed by atoms with Crippen LogP contribution in [0.15, 0.2) is 71.9 Å². The summed E-state index contributed by atoms with van der Waals surface area (Å²) in [6, 6.07) is 19.7. The summed E-state index contributed by atoms with van der Waals surface area (Å²) in [7, 11) is 0. The van der Waals surface area contributed by atoms with Crippen LogP contribution in [0.4, 0.5) is 14.9 Å². The van der Waals surface area contributed by atoms with Crippen LogP contribution in [-0.4, -0.2) is 16.0 Å². The Balaban J connectivity index is 1.35. The van der Waals surface area contributed by atoms with E-state index in [-0.39, 0.29) is 11.8 Å². The molecule has 0 aliphatic carbocycles. The fourth-order valence-corrected chi connectivity index (χ4v) is 3.77. The molecule has 30 heavy (non-hydrogen) atoms. The van der Waals surface area contributed by atoms with Gasteiger partial charge in [0, 0.05) is 18.0 Å². The fraction of sp³-hybridized carbons (Fsp3) is 0.130. The third-order valence-electron chi connectivity index (χ3n) is 4.58. The van der Waals surface area contributed by atoms with E-state index in [1.807, 2.05) is 18.2 Å². The van der Waals surface area contributed by atoms with Crippen LogP contribution in [0.2, 0.25) is 0 Å². The quantitative estimate of drug-likeness (QED) is 0.354. The van der Waals surface area contributed by atoms with E-state index in [2.05, 4.69) is 51.8 Å². The number of thioether (sulfide) groups is 1. The molecule has 7 heteroatoms. The maximum absolute atomic E-state index is 12.9. The number of urea groups is 1. The predicted molar refractivity (Wildman–Crippen MR) is 119 cm³/mol. The number of carbonyl (C=O) groups is 1. The fourth-order valence-electron chi connectivity index (χ4n) is 2.93. The van der Waals surface area contributed by atoms with Crippen molar-refractivity contribution in [1.29, 1.82) is 0 Å². The Hall–Kier alpha value is -3.32. The molecule has 3 aromatic carbocycles.